The van der Waals surface area contributed by atoms with Crippen molar-refractivity contribution >= 4 is 22.6 Å². The molecule has 3 rings (SSSR count). The van der Waals surface area contributed by atoms with Crippen molar-refractivity contribution in [3.05, 3.63) is 29.5 Å². The van der Waals surface area contributed by atoms with Crippen LogP contribution in [0.25, 0.3) is 11.0 Å². The van der Waals surface area contributed by atoms with Crippen molar-refractivity contribution in [3.63, 3.8) is 0 Å². The van der Waals surface area contributed by atoms with E-state index in [1.165, 1.54) is 0 Å². The van der Waals surface area contributed by atoms with Gasteiger partial charge in [-0.1, -0.05) is 11.6 Å². The van der Waals surface area contributed by atoms with Crippen molar-refractivity contribution in [2.45, 2.75) is 12.5 Å². The molecule has 4 heteroatoms. The first-order valence-electron chi connectivity index (χ1n) is 5.17. The van der Waals surface area contributed by atoms with Crippen molar-refractivity contribution < 1.29 is 0 Å². The van der Waals surface area contributed by atoms with Gasteiger partial charge in [-0.3, -0.25) is 0 Å². The molecular weight excluding hydrogens is 210 g/mol. The van der Waals surface area contributed by atoms with Crippen molar-refractivity contribution in [2.24, 2.45) is 0 Å². The molecule has 1 atom stereocenters. The number of hydrogen-bond donors (Lipinski definition) is 1. The lowest BCUT2D eigenvalue weighted by Gasteiger charge is -2.11. The van der Waals surface area contributed by atoms with Crippen LogP contribution in [0.5, 0.6) is 0 Å². The molecule has 2 aromatic rings. The first-order chi connectivity index (χ1) is 7.34. The summed E-state index contributed by atoms with van der Waals surface area (Å²) >= 11 is 6.00. The second kappa shape index (κ2) is 3.51. The predicted octanol–water partition coefficient (Wildman–Crippen LogP) is 2.22. The summed E-state index contributed by atoms with van der Waals surface area (Å²) in [6, 6.07) is 6.36. The lowest BCUT2D eigenvalue weighted by Crippen LogP contribution is -2.12. The van der Waals surface area contributed by atoms with Gasteiger partial charge in [0.1, 0.15) is 0 Å². The first kappa shape index (κ1) is 9.19. The Morgan fingerprint density at radius 1 is 1.47 bits per heavy atom. The zero-order chi connectivity index (χ0) is 10.3. The van der Waals surface area contributed by atoms with Gasteiger partial charge >= 0.3 is 0 Å². The lowest BCUT2D eigenvalue weighted by molar-refractivity contribution is 0.561. The Morgan fingerprint density at radius 3 is 3.20 bits per heavy atom. The number of imidazole rings is 1. The number of nitrogens with zero attached hydrogens (tertiary/aromatic N) is 2. The third-order valence-corrected chi connectivity index (χ3v) is 3.20. The van der Waals surface area contributed by atoms with E-state index >= 15 is 0 Å². The van der Waals surface area contributed by atoms with E-state index in [-0.39, 0.29) is 0 Å². The topological polar surface area (TPSA) is 29.9 Å². The summed E-state index contributed by atoms with van der Waals surface area (Å²) in [6.07, 6.45) is 3.08. The maximum Gasteiger partial charge on any atom is 0.0961 e. The minimum absolute atomic E-state index is 0.522. The highest BCUT2D eigenvalue weighted by Crippen LogP contribution is 2.24. The second-order valence-electron chi connectivity index (χ2n) is 3.93. The molecule has 2 heterocycles. The largest absolute Gasteiger partial charge is 0.326 e. The average Bonchev–Trinajstić information content (AvgIpc) is 2.83. The van der Waals surface area contributed by atoms with Gasteiger partial charge in [0.2, 0.25) is 0 Å². The molecule has 0 radical (unpaired) electrons. The third kappa shape index (κ3) is 1.52. The Morgan fingerprint density at radius 2 is 2.40 bits per heavy atom. The zero-order valence-electron chi connectivity index (χ0n) is 8.28. The quantitative estimate of drug-likeness (QED) is 0.801. The fourth-order valence-corrected chi connectivity index (χ4v) is 2.33. The summed E-state index contributed by atoms with van der Waals surface area (Å²) < 4.78 is 2.22. The van der Waals surface area contributed by atoms with E-state index in [0.717, 1.165) is 35.6 Å². The van der Waals surface area contributed by atoms with Crippen LogP contribution in [-0.2, 0) is 0 Å². The van der Waals surface area contributed by atoms with Gasteiger partial charge in [0, 0.05) is 17.6 Å². The van der Waals surface area contributed by atoms with E-state index in [2.05, 4.69) is 14.9 Å². The molecule has 1 saturated heterocycles. The van der Waals surface area contributed by atoms with Crippen molar-refractivity contribution in [3.8, 4) is 0 Å². The van der Waals surface area contributed by atoms with E-state index in [4.69, 9.17) is 11.6 Å². The number of benzene rings is 1. The highest BCUT2D eigenvalue weighted by molar-refractivity contribution is 6.31. The summed E-state index contributed by atoms with van der Waals surface area (Å²) in [5.41, 5.74) is 2.16. The molecule has 1 aromatic heterocycles. The van der Waals surface area contributed by atoms with Gasteiger partial charge in [0.05, 0.1) is 17.4 Å². The maximum absolute atomic E-state index is 6.00. The van der Waals surface area contributed by atoms with Crippen LogP contribution in [0.15, 0.2) is 24.5 Å². The fourth-order valence-electron chi connectivity index (χ4n) is 2.17. The van der Waals surface area contributed by atoms with Crippen molar-refractivity contribution in [1.82, 2.24) is 14.9 Å². The normalized spacial score (nSPS) is 21.3. The molecule has 1 fully saturated rings. The van der Waals surface area contributed by atoms with E-state index < -0.39 is 0 Å². The molecule has 3 nitrogen and oxygen atoms in total. The van der Waals surface area contributed by atoms with Gasteiger partial charge in [-0.2, -0.15) is 0 Å². The van der Waals surface area contributed by atoms with Crippen LogP contribution in [0.2, 0.25) is 5.02 Å². The molecule has 15 heavy (non-hydrogen) atoms. The molecule has 0 amide bonds. The average molecular weight is 222 g/mol. The number of aromatic nitrogens is 2. The molecule has 1 aromatic carbocycles. The Labute approximate surface area is 93.1 Å². The van der Waals surface area contributed by atoms with Gasteiger partial charge < -0.3 is 9.88 Å². The molecule has 0 bridgehead atoms. The highest BCUT2D eigenvalue weighted by atomic mass is 35.5. The fraction of sp³-hybridized carbons (Fsp3) is 0.364. The van der Waals surface area contributed by atoms with Gasteiger partial charge in [0.25, 0.3) is 0 Å². The van der Waals surface area contributed by atoms with Crippen LogP contribution in [0.3, 0.4) is 0 Å². The minimum Gasteiger partial charge on any atom is -0.326 e. The molecule has 0 saturated carbocycles. The monoisotopic (exact) mass is 221 g/mol. The molecular formula is C11H12ClN3. The Hall–Kier alpha value is -1.06. The minimum atomic E-state index is 0.522. The molecule has 1 N–H and O–H groups in total. The Kier molecular flexibility index (Phi) is 2.15. The number of rotatable bonds is 1. The summed E-state index contributed by atoms with van der Waals surface area (Å²) in [7, 11) is 0. The highest BCUT2D eigenvalue weighted by Gasteiger charge is 2.18. The van der Waals surface area contributed by atoms with E-state index in [0.29, 0.717) is 6.04 Å². The molecule has 0 aliphatic carbocycles. The first-order valence-corrected chi connectivity index (χ1v) is 5.55. The number of nitrogens with one attached hydrogen (secondary N) is 1. The van der Waals surface area contributed by atoms with Crippen molar-refractivity contribution in [2.75, 3.05) is 13.1 Å². The van der Waals surface area contributed by atoms with E-state index in [1.807, 2.05) is 24.5 Å². The van der Waals surface area contributed by atoms with Crippen molar-refractivity contribution in [1.29, 1.82) is 0 Å². The number of fused-ring (bicyclic) bond motifs is 1. The Bertz CT molecular complexity index is 486. The standard InChI is InChI=1S/C11H12ClN3/c12-8-1-2-10-11(5-8)15(7-14-10)9-3-4-13-6-9/h1-2,5,7,9,13H,3-4,6H2. The zero-order valence-corrected chi connectivity index (χ0v) is 9.04. The Balaban J connectivity index is 2.13. The van der Waals surface area contributed by atoms with Crippen LogP contribution in [0, 0.1) is 0 Å². The molecule has 1 unspecified atom stereocenters. The summed E-state index contributed by atoms with van der Waals surface area (Å²) in [5, 5.41) is 4.13. The number of halogens is 1. The smallest absolute Gasteiger partial charge is 0.0961 e. The summed E-state index contributed by atoms with van der Waals surface area (Å²) in [4.78, 5) is 4.38. The second-order valence-corrected chi connectivity index (χ2v) is 4.37. The molecule has 0 spiro atoms. The van der Waals surface area contributed by atoms with E-state index in [1.54, 1.807) is 0 Å². The van der Waals surface area contributed by atoms with Gasteiger partial charge in [0.15, 0.2) is 0 Å². The van der Waals surface area contributed by atoms with Crippen LogP contribution < -0.4 is 5.32 Å². The van der Waals surface area contributed by atoms with Crippen LogP contribution in [-0.4, -0.2) is 22.6 Å². The van der Waals surface area contributed by atoms with Crippen LogP contribution in [0.4, 0.5) is 0 Å². The summed E-state index contributed by atoms with van der Waals surface area (Å²) in [6.45, 7) is 2.11. The SMILES string of the molecule is Clc1ccc2ncn(C3CCNC3)c2c1. The third-order valence-electron chi connectivity index (χ3n) is 2.96. The van der Waals surface area contributed by atoms with Gasteiger partial charge in [-0.05, 0) is 31.2 Å². The van der Waals surface area contributed by atoms with Gasteiger partial charge in [-0.15, -0.1) is 0 Å². The number of hydrogen-bond acceptors (Lipinski definition) is 2. The van der Waals surface area contributed by atoms with Gasteiger partial charge in [-0.25, -0.2) is 4.98 Å². The molecule has 1 aliphatic rings. The van der Waals surface area contributed by atoms with Crippen LogP contribution >= 0.6 is 11.6 Å². The molecule has 78 valence electrons. The lowest BCUT2D eigenvalue weighted by atomic mass is 10.2. The van der Waals surface area contributed by atoms with Crippen LogP contribution in [0.1, 0.15) is 12.5 Å². The maximum atomic E-state index is 6.00. The predicted molar refractivity (Wildman–Crippen MR) is 61.3 cm³/mol. The summed E-state index contributed by atoms with van der Waals surface area (Å²) in [5.74, 6) is 0. The van der Waals surface area contributed by atoms with E-state index in [9.17, 15) is 0 Å². The molecule has 1 aliphatic heterocycles.